The number of benzene rings is 2. The lowest BCUT2D eigenvalue weighted by Gasteiger charge is -2.12. The molecule has 0 atom stereocenters. The molecule has 1 aromatic heterocycles. The van der Waals surface area contributed by atoms with Gasteiger partial charge < -0.3 is 28.4 Å². The molecule has 0 saturated carbocycles. The van der Waals surface area contributed by atoms with E-state index in [0.717, 1.165) is 46.9 Å². The van der Waals surface area contributed by atoms with Gasteiger partial charge in [0.05, 0.1) is 48.4 Å². The Bertz CT molecular complexity index is 1480. The SMILES string of the molecule is C=CC(/C=C/c1cc(OC)c(OC)c(OC)c1)=C\C=NCCSSCC[n+]1ccc(/C=C/c2cc(OC)c(OC)c(OC)c2)cc1. The minimum atomic E-state index is 0.566. The molecule has 0 N–H and O–H groups in total. The highest BCUT2D eigenvalue weighted by Gasteiger charge is 2.13. The first-order chi connectivity index (χ1) is 22.5. The molecule has 3 aromatic rings. The van der Waals surface area contributed by atoms with Crippen molar-refractivity contribution < 1.29 is 33.0 Å². The van der Waals surface area contributed by atoms with Gasteiger partial charge in [-0.15, -0.1) is 0 Å². The Hall–Kier alpha value is -4.28. The number of rotatable bonds is 19. The summed E-state index contributed by atoms with van der Waals surface area (Å²) < 4.78 is 34.7. The van der Waals surface area contributed by atoms with Gasteiger partial charge in [0.25, 0.3) is 0 Å². The molecule has 0 fully saturated rings. The number of ether oxygens (including phenoxy) is 6. The highest BCUT2D eigenvalue weighted by Crippen LogP contribution is 2.39. The monoisotopic (exact) mass is 663 g/mol. The fourth-order valence-electron chi connectivity index (χ4n) is 4.26. The number of aliphatic imine (C=N–C) groups is 1. The Morgan fingerprint density at radius 3 is 1.70 bits per heavy atom. The van der Waals surface area contributed by atoms with E-state index in [4.69, 9.17) is 28.4 Å². The summed E-state index contributed by atoms with van der Waals surface area (Å²) in [6, 6.07) is 11.9. The van der Waals surface area contributed by atoms with Crippen molar-refractivity contribution in [1.82, 2.24) is 0 Å². The zero-order valence-electron chi connectivity index (χ0n) is 27.4. The van der Waals surface area contributed by atoms with Gasteiger partial charge in [-0.25, -0.2) is 4.57 Å². The molecule has 0 aliphatic rings. The van der Waals surface area contributed by atoms with Crippen LogP contribution in [0.3, 0.4) is 0 Å². The molecular weight excluding hydrogens is 621 g/mol. The molecule has 0 aliphatic carbocycles. The summed E-state index contributed by atoms with van der Waals surface area (Å²) in [5.74, 6) is 5.57. The fraction of sp³-hybridized carbons (Fsp3) is 0.278. The third-order valence-corrected chi connectivity index (χ3v) is 9.02. The van der Waals surface area contributed by atoms with Crippen molar-refractivity contribution in [2.75, 3.05) is 60.7 Å². The first-order valence-corrected chi connectivity index (χ1v) is 17.0. The number of hydrogen-bond donors (Lipinski definition) is 0. The van der Waals surface area contributed by atoms with E-state index in [1.165, 1.54) is 0 Å². The summed E-state index contributed by atoms with van der Waals surface area (Å²) in [7, 11) is 13.3. The van der Waals surface area contributed by atoms with Crippen LogP contribution in [0.5, 0.6) is 34.5 Å². The van der Waals surface area contributed by atoms with Gasteiger partial charge in [-0.2, -0.15) is 0 Å². The molecule has 2 aromatic carbocycles. The molecule has 0 saturated heterocycles. The van der Waals surface area contributed by atoms with Crippen LogP contribution in [0.4, 0.5) is 0 Å². The first kappa shape index (κ1) is 36.2. The van der Waals surface area contributed by atoms with Crippen LogP contribution in [0.2, 0.25) is 0 Å². The quantitative estimate of drug-likeness (QED) is 0.0430. The van der Waals surface area contributed by atoms with E-state index < -0.39 is 0 Å². The van der Waals surface area contributed by atoms with Crippen molar-refractivity contribution in [3.63, 3.8) is 0 Å². The third-order valence-electron chi connectivity index (χ3n) is 6.66. The molecule has 1 heterocycles. The van der Waals surface area contributed by atoms with Gasteiger partial charge in [-0.1, -0.05) is 58.5 Å². The van der Waals surface area contributed by atoms with Gasteiger partial charge >= 0.3 is 0 Å². The van der Waals surface area contributed by atoms with E-state index in [-0.39, 0.29) is 0 Å². The number of pyridine rings is 1. The predicted molar refractivity (Wildman–Crippen MR) is 193 cm³/mol. The van der Waals surface area contributed by atoms with Gasteiger partial charge in [-0.05, 0) is 52.6 Å². The minimum Gasteiger partial charge on any atom is -0.493 e. The van der Waals surface area contributed by atoms with E-state index >= 15 is 0 Å². The molecule has 10 heteroatoms. The molecule has 8 nitrogen and oxygen atoms in total. The van der Waals surface area contributed by atoms with Crippen molar-refractivity contribution >= 4 is 46.0 Å². The average Bonchev–Trinajstić information content (AvgIpc) is 3.10. The number of aromatic nitrogens is 1. The summed E-state index contributed by atoms with van der Waals surface area (Å²) in [4.78, 5) is 4.52. The van der Waals surface area contributed by atoms with Gasteiger partial charge in [0, 0.05) is 30.6 Å². The molecule has 0 radical (unpaired) electrons. The average molecular weight is 664 g/mol. The topological polar surface area (TPSA) is 71.6 Å². The molecular formula is C36H43N2O6S2+. The number of nitrogens with zero attached hydrogens (tertiary/aromatic N) is 2. The van der Waals surface area contributed by atoms with Crippen LogP contribution in [0.15, 0.2) is 84.2 Å². The number of hydrogen-bond acceptors (Lipinski definition) is 9. The zero-order chi connectivity index (χ0) is 33.1. The Labute approximate surface area is 280 Å². The molecule has 0 amide bonds. The van der Waals surface area contributed by atoms with E-state index in [1.54, 1.807) is 48.7 Å². The van der Waals surface area contributed by atoms with Gasteiger partial charge in [0.2, 0.25) is 11.5 Å². The third kappa shape index (κ3) is 11.0. The van der Waals surface area contributed by atoms with Crippen LogP contribution in [0, 0.1) is 0 Å². The summed E-state index contributed by atoms with van der Waals surface area (Å²) in [6.07, 6.45) is 17.8. The van der Waals surface area contributed by atoms with Crippen LogP contribution in [0.25, 0.3) is 18.2 Å². The Balaban J connectivity index is 1.40. The first-order valence-electron chi connectivity index (χ1n) is 14.5. The van der Waals surface area contributed by atoms with Crippen molar-refractivity contribution in [3.05, 3.63) is 95.9 Å². The molecule has 0 aliphatic heterocycles. The van der Waals surface area contributed by atoms with Gasteiger partial charge in [-0.3, -0.25) is 4.99 Å². The Kier molecular flexibility index (Phi) is 15.7. The molecule has 244 valence electrons. The largest absolute Gasteiger partial charge is 0.493 e. The second-order valence-corrected chi connectivity index (χ2v) is 12.2. The molecule has 46 heavy (non-hydrogen) atoms. The molecule has 0 bridgehead atoms. The summed E-state index contributed by atoms with van der Waals surface area (Å²) in [5, 5.41) is 0. The summed E-state index contributed by atoms with van der Waals surface area (Å²) in [5.41, 5.74) is 3.94. The van der Waals surface area contributed by atoms with E-state index in [1.807, 2.05) is 76.4 Å². The Morgan fingerprint density at radius 1 is 0.696 bits per heavy atom. The lowest BCUT2D eigenvalue weighted by atomic mass is 10.1. The highest BCUT2D eigenvalue weighted by molar-refractivity contribution is 8.76. The molecule has 0 unspecified atom stereocenters. The van der Waals surface area contributed by atoms with Crippen LogP contribution in [-0.4, -0.2) is 66.9 Å². The molecule has 0 spiro atoms. The minimum absolute atomic E-state index is 0.566. The maximum atomic E-state index is 5.45. The lowest BCUT2D eigenvalue weighted by molar-refractivity contribution is -0.692. The predicted octanol–water partition coefficient (Wildman–Crippen LogP) is 7.47. The van der Waals surface area contributed by atoms with Crippen molar-refractivity contribution in [3.8, 4) is 34.5 Å². The van der Waals surface area contributed by atoms with Crippen LogP contribution < -0.4 is 33.0 Å². The van der Waals surface area contributed by atoms with Crippen LogP contribution in [-0.2, 0) is 6.54 Å². The lowest BCUT2D eigenvalue weighted by Crippen LogP contribution is -2.33. The number of allylic oxidation sites excluding steroid dienone is 4. The van der Waals surface area contributed by atoms with E-state index in [0.29, 0.717) is 34.5 Å². The van der Waals surface area contributed by atoms with Crippen LogP contribution in [0.1, 0.15) is 16.7 Å². The number of aryl methyl sites for hydroxylation is 1. The second kappa shape index (κ2) is 20.0. The summed E-state index contributed by atoms with van der Waals surface area (Å²) >= 11 is 0. The van der Waals surface area contributed by atoms with E-state index in [2.05, 4.69) is 46.7 Å². The Morgan fingerprint density at radius 2 is 1.20 bits per heavy atom. The van der Waals surface area contributed by atoms with E-state index in [9.17, 15) is 0 Å². The number of methoxy groups -OCH3 is 6. The second-order valence-electron chi connectivity index (χ2n) is 9.52. The fourth-order valence-corrected chi connectivity index (χ4v) is 6.12. The van der Waals surface area contributed by atoms with Crippen molar-refractivity contribution in [2.24, 2.45) is 4.99 Å². The van der Waals surface area contributed by atoms with Crippen molar-refractivity contribution in [2.45, 2.75) is 6.54 Å². The maximum absolute atomic E-state index is 5.45. The maximum Gasteiger partial charge on any atom is 0.203 e. The highest BCUT2D eigenvalue weighted by atomic mass is 33.1. The summed E-state index contributed by atoms with van der Waals surface area (Å²) in [6.45, 7) is 5.59. The zero-order valence-corrected chi connectivity index (χ0v) is 29.0. The van der Waals surface area contributed by atoms with Gasteiger partial charge in [0.1, 0.15) is 0 Å². The standard InChI is InChI=1S/C36H43N2O6S2/c1-8-27(9-11-29-23-31(39-2)35(43-6)32(24-29)40-3)13-16-37-17-21-45-46-22-20-38-18-14-28(15-19-38)10-12-30-25-33(41-4)36(44-7)34(26-30)42-5/h8-16,18-19,23-26H,1,17,20-22H2,2-7H3/q+1/b11-9+,12-10+,27-13+,37-16?. The van der Waals surface area contributed by atoms with Gasteiger partial charge in [0.15, 0.2) is 41.9 Å². The van der Waals surface area contributed by atoms with Crippen LogP contribution >= 0.6 is 21.6 Å². The molecule has 3 rings (SSSR count). The normalized spacial score (nSPS) is 11.7. The van der Waals surface area contributed by atoms with Crippen molar-refractivity contribution in [1.29, 1.82) is 0 Å². The smallest absolute Gasteiger partial charge is 0.203 e.